The van der Waals surface area contributed by atoms with E-state index in [0.29, 0.717) is 19.1 Å². The fourth-order valence-electron chi connectivity index (χ4n) is 4.70. The number of rotatable bonds is 8. The molecular weight excluding hydrogens is 408 g/mol. The normalized spacial score (nSPS) is 19.3. The first kappa shape index (κ1) is 20.8. The van der Waals surface area contributed by atoms with Crippen LogP contribution in [0.3, 0.4) is 0 Å². The van der Waals surface area contributed by atoms with E-state index in [1.54, 1.807) is 0 Å². The summed E-state index contributed by atoms with van der Waals surface area (Å²) in [5.41, 5.74) is 9.74. The molecule has 0 radical (unpaired) electrons. The number of nitrogens with one attached hydrogen (secondary N) is 1. The van der Waals surface area contributed by atoms with E-state index in [0.717, 1.165) is 55.0 Å². The molecule has 1 aliphatic heterocycles. The van der Waals surface area contributed by atoms with E-state index in [1.807, 2.05) is 17.0 Å². The van der Waals surface area contributed by atoms with Crippen LogP contribution >= 0.6 is 11.6 Å². The van der Waals surface area contributed by atoms with Gasteiger partial charge in [-0.3, -0.25) is 10.1 Å². The Labute approximate surface area is 189 Å². The fourth-order valence-corrected chi connectivity index (χ4v) is 4.88. The van der Waals surface area contributed by atoms with Gasteiger partial charge < -0.3 is 15.5 Å². The number of amides is 1. The van der Waals surface area contributed by atoms with Crippen LogP contribution in [0.4, 0.5) is 11.4 Å². The quantitative estimate of drug-likeness (QED) is 0.656. The Morgan fingerprint density at radius 1 is 1.13 bits per heavy atom. The molecule has 2 aromatic carbocycles. The van der Waals surface area contributed by atoms with Gasteiger partial charge in [0, 0.05) is 30.7 Å². The fraction of sp³-hybridized carbons (Fsp3) is 0.480. The number of fused-ring (bicyclic) bond motifs is 1. The van der Waals surface area contributed by atoms with Crippen molar-refractivity contribution in [2.75, 3.05) is 29.4 Å². The molecule has 2 aromatic rings. The third kappa shape index (κ3) is 4.19. The zero-order valence-electron chi connectivity index (χ0n) is 17.9. The van der Waals surface area contributed by atoms with Crippen LogP contribution < -0.4 is 20.9 Å². The molecule has 0 unspecified atom stereocenters. The zero-order chi connectivity index (χ0) is 21.4. The van der Waals surface area contributed by atoms with Crippen LogP contribution in [0.25, 0.3) is 0 Å². The third-order valence-electron chi connectivity index (χ3n) is 6.84. The van der Waals surface area contributed by atoms with Gasteiger partial charge in [0.25, 0.3) is 0 Å². The van der Waals surface area contributed by atoms with Crippen molar-refractivity contribution in [1.82, 2.24) is 5.32 Å². The van der Waals surface area contributed by atoms with Gasteiger partial charge in [-0.1, -0.05) is 35.9 Å². The van der Waals surface area contributed by atoms with Crippen LogP contribution in [0.5, 0.6) is 0 Å². The highest BCUT2D eigenvalue weighted by Crippen LogP contribution is 2.44. The summed E-state index contributed by atoms with van der Waals surface area (Å²) in [6, 6.07) is 15.2. The van der Waals surface area contributed by atoms with Crippen molar-refractivity contribution in [3.05, 3.63) is 58.6 Å². The first-order valence-corrected chi connectivity index (χ1v) is 11.9. The summed E-state index contributed by atoms with van der Waals surface area (Å²) in [4.78, 5) is 18.1. The molecule has 6 heteroatoms. The maximum atomic E-state index is 13.6. The summed E-state index contributed by atoms with van der Waals surface area (Å²) in [6.07, 6.45) is 6.19. The van der Waals surface area contributed by atoms with Crippen molar-refractivity contribution in [1.29, 1.82) is 0 Å². The molecule has 3 N–H and O–H groups in total. The number of carbonyl (C=O) groups is 1. The molecule has 5 rings (SSSR count). The van der Waals surface area contributed by atoms with Crippen LogP contribution in [0, 0.1) is 0 Å². The van der Waals surface area contributed by atoms with E-state index >= 15 is 0 Å². The van der Waals surface area contributed by atoms with E-state index in [4.69, 9.17) is 17.3 Å². The molecule has 1 heterocycles. The van der Waals surface area contributed by atoms with Gasteiger partial charge in [-0.2, -0.15) is 0 Å². The minimum absolute atomic E-state index is 0.200. The maximum absolute atomic E-state index is 13.6. The summed E-state index contributed by atoms with van der Waals surface area (Å²) in [5, 5.41) is 4.32. The summed E-state index contributed by atoms with van der Waals surface area (Å²) < 4.78 is 0. The largest absolute Gasteiger partial charge is 0.365 e. The molecule has 0 spiro atoms. The average molecular weight is 439 g/mol. The Morgan fingerprint density at radius 3 is 2.61 bits per heavy atom. The minimum atomic E-state index is -0.467. The van der Waals surface area contributed by atoms with Crippen LogP contribution in [-0.4, -0.2) is 37.1 Å². The Morgan fingerprint density at radius 2 is 1.90 bits per heavy atom. The summed E-state index contributed by atoms with van der Waals surface area (Å²) >= 11 is 6.46. The van der Waals surface area contributed by atoms with Crippen LogP contribution in [-0.2, 0) is 17.8 Å². The predicted octanol–water partition coefficient (Wildman–Crippen LogP) is 3.87. The zero-order valence-corrected chi connectivity index (χ0v) is 18.7. The van der Waals surface area contributed by atoms with Crippen molar-refractivity contribution in [2.24, 2.45) is 5.73 Å². The van der Waals surface area contributed by atoms with E-state index in [1.165, 1.54) is 24.1 Å². The number of carbonyl (C=O) groups excluding carboxylic acids is 1. The van der Waals surface area contributed by atoms with Gasteiger partial charge >= 0.3 is 0 Å². The minimum Gasteiger partial charge on any atom is -0.365 e. The van der Waals surface area contributed by atoms with E-state index in [2.05, 4.69) is 40.5 Å². The van der Waals surface area contributed by atoms with Crippen molar-refractivity contribution in [3.8, 4) is 0 Å². The molecule has 2 aliphatic carbocycles. The summed E-state index contributed by atoms with van der Waals surface area (Å²) in [6.45, 7) is 2.96. The lowest BCUT2D eigenvalue weighted by atomic mass is 10.1. The number of benzene rings is 2. The predicted molar refractivity (Wildman–Crippen MR) is 127 cm³/mol. The Kier molecular flexibility index (Phi) is 5.67. The standard InChI is InChI=1S/C25H31ClN4O/c26-21-10-7-18(4-3-13-27)16-19(21)17-28-25(11-12-25)24(31)30-15-14-29(20-8-9-20)22-5-1-2-6-23(22)30/h1-2,5-7,10,16,20,28H,3-4,8-9,11-15,17,27H2. The first-order valence-electron chi connectivity index (χ1n) is 11.5. The lowest BCUT2D eigenvalue weighted by molar-refractivity contribution is -0.121. The lowest BCUT2D eigenvalue weighted by Gasteiger charge is -2.39. The smallest absolute Gasteiger partial charge is 0.247 e. The number of anilines is 2. The molecule has 2 fully saturated rings. The molecule has 0 saturated heterocycles. The van der Waals surface area contributed by atoms with E-state index in [-0.39, 0.29) is 5.91 Å². The van der Waals surface area contributed by atoms with E-state index in [9.17, 15) is 4.79 Å². The second-order valence-corrected chi connectivity index (χ2v) is 9.53. The Bertz CT molecular complexity index is 970. The third-order valence-corrected chi connectivity index (χ3v) is 7.20. The SMILES string of the molecule is NCCCc1ccc(Cl)c(CNC2(C(=O)N3CCN(C4CC4)c4ccccc43)CC2)c1. The highest BCUT2D eigenvalue weighted by atomic mass is 35.5. The average Bonchev–Trinajstić information content (AvgIpc) is 3.71. The monoisotopic (exact) mass is 438 g/mol. The lowest BCUT2D eigenvalue weighted by Crippen LogP contribution is -2.53. The van der Waals surface area contributed by atoms with Gasteiger partial charge in [0.05, 0.1) is 16.9 Å². The molecule has 0 atom stereocenters. The molecule has 164 valence electrons. The molecule has 1 amide bonds. The number of hydrogen-bond acceptors (Lipinski definition) is 4. The summed E-state index contributed by atoms with van der Waals surface area (Å²) in [7, 11) is 0. The molecule has 31 heavy (non-hydrogen) atoms. The molecule has 0 aromatic heterocycles. The number of halogens is 1. The van der Waals surface area contributed by atoms with Gasteiger partial charge in [0.15, 0.2) is 0 Å². The van der Waals surface area contributed by atoms with Crippen LogP contribution in [0.15, 0.2) is 42.5 Å². The summed E-state index contributed by atoms with van der Waals surface area (Å²) in [5.74, 6) is 0.200. The second-order valence-electron chi connectivity index (χ2n) is 9.12. The first-order chi connectivity index (χ1) is 15.1. The van der Waals surface area contributed by atoms with Crippen LogP contribution in [0.1, 0.15) is 43.2 Å². The molecule has 3 aliphatic rings. The highest BCUT2D eigenvalue weighted by Gasteiger charge is 2.52. The van der Waals surface area contributed by atoms with Gasteiger partial charge in [0.2, 0.25) is 5.91 Å². The number of aryl methyl sites for hydroxylation is 1. The van der Waals surface area contributed by atoms with Crippen LogP contribution in [0.2, 0.25) is 5.02 Å². The topological polar surface area (TPSA) is 61.6 Å². The van der Waals surface area contributed by atoms with Crippen molar-refractivity contribution in [2.45, 2.75) is 56.7 Å². The molecule has 0 bridgehead atoms. The number of nitrogens with two attached hydrogens (primary N) is 1. The second kappa shape index (κ2) is 8.45. The number of nitrogens with zero attached hydrogens (tertiary/aromatic N) is 2. The highest BCUT2D eigenvalue weighted by molar-refractivity contribution is 6.31. The Balaban J connectivity index is 1.31. The van der Waals surface area contributed by atoms with Gasteiger partial charge in [-0.05, 0) is 74.4 Å². The Hall–Kier alpha value is -2.08. The molecule has 2 saturated carbocycles. The molecule has 5 nitrogen and oxygen atoms in total. The number of hydrogen-bond donors (Lipinski definition) is 2. The molecular formula is C25H31ClN4O. The van der Waals surface area contributed by atoms with Crippen molar-refractivity contribution < 1.29 is 4.79 Å². The van der Waals surface area contributed by atoms with Gasteiger partial charge in [-0.15, -0.1) is 0 Å². The van der Waals surface area contributed by atoms with E-state index < -0.39 is 5.54 Å². The van der Waals surface area contributed by atoms with Crippen molar-refractivity contribution >= 4 is 28.9 Å². The van der Waals surface area contributed by atoms with Crippen molar-refractivity contribution in [3.63, 3.8) is 0 Å². The van der Waals surface area contributed by atoms with Gasteiger partial charge in [0.1, 0.15) is 0 Å². The number of para-hydroxylation sites is 2. The maximum Gasteiger partial charge on any atom is 0.247 e. The van der Waals surface area contributed by atoms with Gasteiger partial charge in [-0.25, -0.2) is 0 Å².